The molecule has 0 saturated carbocycles. The third kappa shape index (κ3) is 12.3. The minimum absolute atomic E-state index is 0.125. The van der Waals surface area contributed by atoms with Crippen LogP contribution in [0, 0.1) is 0 Å². The van der Waals surface area contributed by atoms with E-state index >= 15 is 0 Å². The molecule has 25 heavy (non-hydrogen) atoms. The number of amides is 2. The number of unbranched alkanes of at least 4 members (excludes halogenated alkanes) is 10. The number of hydrogen-bond donors (Lipinski definition) is 3. The highest BCUT2D eigenvalue weighted by Gasteiger charge is 2.00. The van der Waals surface area contributed by atoms with Crippen molar-refractivity contribution in [3.8, 4) is 5.75 Å². The van der Waals surface area contributed by atoms with Gasteiger partial charge in [0.05, 0.1) is 0 Å². The average molecular weight is 349 g/mol. The lowest BCUT2D eigenvalue weighted by Gasteiger charge is -2.08. The molecule has 4 nitrogen and oxygen atoms in total. The summed E-state index contributed by atoms with van der Waals surface area (Å²) in [6.07, 6.45) is 14.5. The zero-order valence-electron chi connectivity index (χ0n) is 15.9. The Balaban J connectivity index is 1.86. The van der Waals surface area contributed by atoms with Crippen LogP contribution < -0.4 is 10.6 Å². The van der Waals surface area contributed by atoms with Crippen LogP contribution in [0.15, 0.2) is 24.3 Å². The summed E-state index contributed by atoms with van der Waals surface area (Å²) in [6.45, 7) is 3.47. The molecule has 0 heterocycles. The molecule has 1 rings (SSSR count). The molecule has 0 spiro atoms. The summed E-state index contributed by atoms with van der Waals surface area (Å²) in [5, 5.41) is 14.9. The first-order valence-electron chi connectivity index (χ1n) is 10.0. The molecule has 0 aliphatic rings. The number of nitrogens with one attached hydrogen (secondary N) is 2. The van der Waals surface area contributed by atoms with Crippen molar-refractivity contribution in [2.24, 2.45) is 0 Å². The Morgan fingerprint density at radius 2 is 1.32 bits per heavy atom. The predicted molar refractivity (Wildman–Crippen MR) is 105 cm³/mol. The van der Waals surface area contributed by atoms with Gasteiger partial charge in [-0.15, -0.1) is 0 Å². The minimum Gasteiger partial charge on any atom is -0.508 e. The summed E-state index contributed by atoms with van der Waals surface area (Å²) in [4.78, 5) is 11.7. The van der Waals surface area contributed by atoms with Crippen LogP contribution >= 0.6 is 0 Å². The Hall–Kier alpha value is -1.71. The molecule has 1 aromatic carbocycles. The van der Waals surface area contributed by atoms with Gasteiger partial charge in [-0.05, 0) is 24.1 Å². The second-order valence-electron chi connectivity index (χ2n) is 6.81. The fourth-order valence-electron chi connectivity index (χ4n) is 2.85. The Morgan fingerprint density at radius 3 is 1.88 bits per heavy atom. The standard InChI is InChI=1S/C21H36N2O2/c1-2-3-4-5-6-7-8-9-10-11-12-17-22-21(25)23-18-19-13-15-20(24)16-14-19/h13-16,24H,2-12,17-18H2,1H3,(H2,22,23,25). The SMILES string of the molecule is CCCCCCCCCCCCCNC(=O)NCc1ccc(O)cc1. The molecule has 0 radical (unpaired) electrons. The molecule has 0 fully saturated rings. The first kappa shape index (κ1) is 21.3. The molecule has 0 aromatic heterocycles. The lowest BCUT2D eigenvalue weighted by Crippen LogP contribution is -2.35. The molecule has 0 unspecified atom stereocenters. The zero-order chi connectivity index (χ0) is 18.2. The van der Waals surface area contributed by atoms with Gasteiger partial charge in [0, 0.05) is 13.1 Å². The lowest BCUT2D eigenvalue weighted by atomic mass is 10.1. The van der Waals surface area contributed by atoms with Gasteiger partial charge < -0.3 is 15.7 Å². The molecular weight excluding hydrogens is 312 g/mol. The zero-order valence-corrected chi connectivity index (χ0v) is 15.9. The molecule has 4 heteroatoms. The van der Waals surface area contributed by atoms with Gasteiger partial charge >= 0.3 is 6.03 Å². The van der Waals surface area contributed by atoms with Crippen LogP contribution in [0.1, 0.15) is 83.1 Å². The normalized spacial score (nSPS) is 10.6. The van der Waals surface area contributed by atoms with Crippen LogP contribution in [0.3, 0.4) is 0 Å². The summed E-state index contributed by atoms with van der Waals surface area (Å²) in [7, 11) is 0. The van der Waals surface area contributed by atoms with Crippen LogP contribution in [-0.2, 0) is 6.54 Å². The van der Waals surface area contributed by atoms with Crippen molar-refractivity contribution in [2.45, 2.75) is 84.1 Å². The fraction of sp³-hybridized carbons (Fsp3) is 0.667. The number of phenolic OH excluding ortho intramolecular Hbond substituents is 1. The molecule has 2 amide bonds. The van der Waals surface area contributed by atoms with Crippen LogP contribution in [0.5, 0.6) is 5.75 Å². The lowest BCUT2D eigenvalue weighted by molar-refractivity contribution is 0.240. The second kappa shape index (κ2) is 14.6. The van der Waals surface area contributed by atoms with Gasteiger partial charge in [0.1, 0.15) is 5.75 Å². The van der Waals surface area contributed by atoms with E-state index in [2.05, 4.69) is 17.6 Å². The van der Waals surface area contributed by atoms with Gasteiger partial charge in [0.15, 0.2) is 0 Å². The number of rotatable bonds is 14. The van der Waals surface area contributed by atoms with Gasteiger partial charge in [0.25, 0.3) is 0 Å². The van der Waals surface area contributed by atoms with E-state index < -0.39 is 0 Å². The molecule has 0 aliphatic heterocycles. The quantitative estimate of drug-likeness (QED) is 0.389. The van der Waals surface area contributed by atoms with Gasteiger partial charge in [0.2, 0.25) is 0 Å². The van der Waals surface area contributed by atoms with Crippen molar-refractivity contribution >= 4 is 6.03 Å². The van der Waals surface area contributed by atoms with Gasteiger partial charge in [-0.2, -0.15) is 0 Å². The molecule has 0 atom stereocenters. The number of hydrogen-bond acceptors (Lipinski definition) is 2. The highest BCUT2D eigenvalue weighted by Crippen LogP contribution is 2.11. The minimum atomic E-state index is -0.125. The third-order valence-electron chi connectivity index (χ3n) is 4.46. The van der Waals surface area contributed by atoms with Crippen LogP contribution in [0.2, 0.25) is 0 Å². The highest BCUT2D eigenvalue weighted by atomic mass is 16.3. The van der Waals surface area contributed by atoms with E-state index in [0.717, 1.165) is 18.5 Å². The van der Waals surface area contributed by atoms with Crippen molar-refractivity contribution in [1.29, 1.82) is 0 Å². The van der Waals surface area contributed by atoms with Crippen molar-refractivity contribution in [3.05, 3.63) is 29.8 Å². The maximum atomic E-state index is 11.7. The first-order chi connectivity index (χ1) is 12.2. The predicted octanol–water partition coefficient (Wildman–Crippen LogP) is 5.50. The Bertz CT molecular complexity index is 446. The van der Waals surface area contributed by atoms with Crippen molar-refractivity contribution in [1.82, 2.24) is 10.6 Å². The summed E-state index contributed by atoms with van der Waals surface area (Å²) in [6, 6.07) is 6.74. The summed E-state index contributed by atoms with van der Waals surface area (Å²) >= 11 is 0. The van der Waals surface area contributed by atoms with E-state index in [0.29, 0.717) is 6.54 Å². The Kier molecular flexibility index (Phi) is 12.5. The number of urea groups is 1. The average Bonchev–Trinajstić information content (AvgIpc) is 2.62. The second-order valence-corrected chi connectivity index (χ2v) is 6.81. The van der Waals surface area contributed by atoms with Crippen molar-refractivity contribution in [2.75, 3.05) is 6.54 Å². The first-order valence-corrected chi connectivity index (χ1v) is 10.0. The van der Waals surface area contributed by atoms with Crippen LogP contribution in [-0.4, -0.2) is 17.7 Å². The number of carbonyl (C=O) groups is 1. The highest BCUT2D eigenvalue weighted by molar-refractivity contribution is 5.73. The Labute approximate surface area is 153 Å². The maximum absolute atomic E-state index is 11.7. The van der Waals surface area contributed by atoms with E-state index in [-0.39, 0.29) is 11.8 Å². The largest absolute Gasteiger partial charge is 0.508 e. The van der Waals surface area contributed by atoms with Crippen LogP contribution in [0.4, 0.5) is 4.79 Å². The van der Waals surface area contributed by atoms with Crippen molar-refractivity contribution in [3.63, 3.8) is 0 Å². The summed E-state index contributed by atoms with van der Waals surface area (Å²) < 4.78 is 0. The molecule has 0 aliphatic carbocycles. The van der Waals surface area contributed by atoms with Gasteiger partial charge in [-0.1, -0.05) is 83.3 Å². The van der Waals surface area contributed by atoms with E-state index in [1.165, 1.54) is 64.2 Å². The topological polar surface area (TPSA) is 61.4 Å². The number of carbonyl (C=O) groups excluding carboxylic acids is 1. The molecule has 142 valence electrons. The summed E-state index contributed by atoms with van der Waals surface area (Å²) in [5.74, 6) is 0.240. The van der Waals surface area contributed by atoms with Crippen LogP contribution in [0.25, 0.3) is 0 Å². The Morgan fingerprint density at radius 1 is 0.800 bits per heavy atom. The summed E-state index contributed by atoms with van der Waals surface area (Å²) in [5.41, 5.74) is 0.975. The molecule has 3 N–H and O–H groups in total. The maximum Gasteiger partial charge on any atom is 0.315 e. The number of benzene rings is 1. The van der Waals surface area contributed by atoms with Gasteiger partial charge in [-0.3, -0.25) is 0 Å². The number of aromatic hydroxyl groups is 1. The molecule has 1 aromatic rings. The monoisotopic (exact) mass is 348 g/mol. The third-order valence-corrected chi connectivity index (χ3v) is 4.46. The van der Waals surface area contributed by atoms with Gasteiger partial charge in [-0.25, -0.2) is 4.79 Å². The molecular formula is C21H36N2O2. The molecule has 0 bridgehead atoms. The fourth-order valence-corrected chi connectivity index (χ4v) is 2.85. The van der Waals surface area contributed by atoms with E-state index in [9.17, 15) is 9.90 Å². The van der Waals surface area contributed by atoms with E-state index in [4.69, 9.17) is 0 Å². The van der Waals surface area contributed by atoms with E-state index in [1.807, 2.05) is 0 Å². The number of phenols is 1. The molecule has 0 saturated heterocycles. The van der Waals surface area contributed by atoms with Crippen molar-refractivity contribution < 1.29 is 9.90 Å². The van der Waals surface area contributed by atoms with E-state index in [1.54, 1.807) is 24.3 Å². The smallest absolute Gasteiger partial charge is 0.315 e.